The lowest BCUT2D eigenvalue weighted by Crippen LogP contribution is -2.42. The highest BCUT2D eigenvalue weighted by Gasteiger charge is 2.43. The molecule has 1 heterocycles. The Labute approximate surface area is 158 Å². The fourth-order valence-electron chi connectivity index (χ4n) is 3.47. The number of carbonyl (C=O) groups excluding carboxylic acids is 2. The summed E-state index contributed by atoms with van der Waals surface area (Å²) >= 11 is 1.65. The molecule has 0 saturated heterocycles. The smallest absolute Gasteiger partial charge is 0.252 e. The van der Waals surface area contributed by atoms with Gasteiger partial charge in [0.1, 0.15) is 0 Å². The summed E-state index contributed by atoms with van der Waals surface area (Å²) in [4.78, 5) is 25.9. The van der Waals surface area contributed by atoms with Gasteiger partial charge in [0.15, 0.2) is 0 Å². The average Bonchev–Trinajstić information content (AvgIpc) is 3.37. The summed E-state index contributed by atoms with van der Waals surface area (Å²) in [6.07, 6.45) is 3.95. The first kappa shape index (κ1) is 18.2. The summed E-state index contributed by atoms with van der Waals surface area (Å²) in [6.45, 7) is 0.272. The maximum absolute atomic E-state index is 12.9. The van der Waals surface area contributed by atoms with Gasteiger partial charge in [0.25, 0.3) is 5.91 Å². The summed E-state index contributed by atoms with van der Waals surface area (Å²) in [5, 5.41) is 7.62. The van der Waals surface area contributed by atoms with Gasteiger partial charge in [-0.1, -0.05) is 42.9 Å². The van der Waals surface area contributed by atoms with Crippen molar-refractivity contribution in [2.75, 3.05) is 13.6 Å². The van der Waals surface area contributed by atoms with Gasteiger partial charge in [-0.3, -0.25) is 9.59 Å². The monoisotopic (exact) mass is 366 g/mol. The summed E-state index contributed by atoms with van der Waals surface area (Å²) in [5.74, 6) is 5.87. The maximum Gasteiger partial charge on any atom is 0.252 e. The van der Waals surface area contributed by atoms with Crippen LogP contribution in [0, 0.1) is 11.8 Å². The Balaban J connectivity index is 1.69. The van der Waals surface area contributed by atoms with Gasteiger partial charge in [-0.15, -0.1) is 11.3 Å². The van der Waals surface area contributed by atoms with E-state index in [2.05, 4.69) is 28.5 Å². The lowest BCUT2D eigenvalue weighted by Gasteiger charge is -2.26. The highest BCUT2D eigenvalue weighted by Crippen LogP contribution is 2.43. The molecule has 0 unspecified atom stereocenters. The van der Waals surface area contributed by atoms with Crippen LogP contribution in [0.4, 0.5) is 0 Å². The van der Waals surface area contributed by atoms with E-state index in [1.54, 1.807) is 24.5 Å². The fraction of sp³-hybridized carbons (Fsp3) is 0.333. The fourth-order valence-corrected chi connectivity index (χ4v) is 4.46. The molecule has 0 atom stereocenters. The predicted molar refractivity (Wildman–Crippen MR) is 104 cm³/mol. The van der Waals surface area contributed by atoms with Crippen LogP contribution in [0.1, 0.15) is 46.5 Å². The first-order chi connectivity index (χ1) is 12.7. The summed E-state index contributed by atoms with van der Waals surface area (Å²) < 4.78 is 0. The van der Waals surface area contributed by atoms with E-state index in [1.807, 2.05) is 29.6 Å². The molecule has 3 rings (SSSR count). The molecule has 2 N–H and O–H groups in total. The van der Waals surface area contributed by atoms with Crippen molar-refractivity contribution in [3.63, 3.8) is 0 Å². The van der Waals surface area contributed by atoms with E-state index in [0.717, 1.165) is 30.6 Å². The van der Waals surface area contributed by atoms with Gasteiger partial charge in [0, 0.05) is 17.5 Å². The quantitative estimate of drug-likeness (QED) is 0.817. The molecule has 1 aliphatic carbocycles. The van der Waals surface area contributed by atoms with Gasteiger partial charge in [0.2, 0.25) is 5.91 Å². The van der Waals surface area contributed by atoms with Crippen LogP contribution in [-0.4, -0.2) is 25.4 Å². The number of amides is 2. The molecule has 0 bridgehead atoms. The summed E-state index contributed by atoms with van der Waals surface area (Å²) in [7, 11) is 1.60. The molecule has 1 aromatic heterocycles. The Morgan fingerprint density at radius 1 is 1.15 bits per heavy atom. The number of hydrogen-bond acceptors (Lipinski definition) is 3. The first-order valence-electron chi connectivity index (χ1n) is 8.79. The van der Waals surface area contributed by atoms with Crippen LogP contribution in [0.5, 0.6) is 0 Å². The minimum atomic E-state index is -0.393. The molecule has 134 valence electrons. The minimum Gasteiger partial charge on any atom is -0.355 e. The number of nitrogens with one attached hydrogen (secondary N) is 2. The van der Waals surface area contributed by atoms with Crippen LogP contribution in [-0.2, 0) is 10.2 Å². The molecule has 0 spiro atoms. The van der Waals surface area contributed by atoms with Crippen molar-refractivity contribution in [2.24, 2.45) is 0 Å². The molecule has 26 heavy (non-hydrogen) atoms. The SMILES string of the molecule is CNC(=O)c1ccccc1C#CCNC(=O)C1(c2cccs2)CCCC1. The molecule has 1 aliphatic rings. The molecular weight excluding hydrogens is 344 g/mol. The van der Waals surface area contributed by atoms with Crippen molar-refractivity contribution >= 4 is 23.2 Å². The second-order valence-corrected chi connectivity index (χ2v) is 7.32. The number of thiophene rings is 1. The van der Waals surface area contributed by atoms with E-state index in [1.165, 1.54) is 0 Å². The second kappa shape index (κ2) is 8.20. The van der Waals surface area contributed by atoms with Crippen molar-refractivity contribution in [3.05, 3.63) is 57.8 Å². The van der Waals surface area contributed by atoms with Crippen LogP contribution >= 0.6 is 11.3 Å². The molecule has 4 nitrogen and oxygen atoms in total. The van der Waals surface area contributed by atoms with Gasteiger partial charge in [-0.25, -0.2) is 0 Å². The molecule has 2 aromatic rings. The van der Waals surface area contributed by atoms with Gasteiger partial charge in [-0.2, -0.15) is 0 Å². The molecule has 0 radical (unpaired) electrons. The van der Waals surface area contributed by atoms with Crippen LogP contribution in [0.25, 0.3) is 0 Å². The standard InChI is InChI=1S/C21H22N2O2S/c1-22-19(24)17-10-3-2-8-16(17)9-6-14-23-20(25)21(12-4-5-13-21)18-11-7-15-26-18/h2-3,7-8,10-11,15H,4-5,12-14H2,1H3,(H,22,24)(H,23,25). The van der Waals surface area contributed by atoms with Crippen LogP contribution in [0.2, 0.25) is 0 Å². The predicted octanol–water partition coefficient (Wildman–Crippen LogP) is 3.09. The van der Waals surface area contributed by atoms with E-state index < -0.39 is 5.41 Å². The molecule has 2 amide bonds. The zero-order valence-electron chi connectivity index (χ0n) is 14.8. The van der Waals surface area contributed by atoms with Crippen molar-refractivity contribution in [3.8, 4) is 11.8 Å². The largest absolute Gasteiger partial charge is 0.355 e. The van der Waals surface area contributed by atoms with E-state index in [4.69, 9.17) is 0 Å². The molecule has 0 aliphatic heterocycles. The van der Waals surface area contributed by atoms with E-state index in [9.17, 15) is 9.59 Å². The molecule has 1 aromatic carbocycles. The third kappa shape index (κ3) is 3.66. The number of benzene rings is 1. The molecule has 1 saturated carbocycles. The van der Waals surface area contributed by atoms with Crippen molar-refractivity contribution in [2.45, 2.75) is 31.1 Å². The van der Waals surface area contributed by atoms with E-state index in [-0.39, 0.29) is 18.4 Å². The average molecular weight is 366 g/mol. The van der Waals surface area contributed by atoms with E-state index >= 15 is 0 Å². The Hall–Kier alpha value is -2.58. The lowest BCUT2D eigenvalue weighted by molar-refractivity contribution is -0.126. The molecule has 5 heteroatoms. The van der Waals surface area contributed by atoms with Crippen molar-refractivity contribution < 1.29 is 9.59 Å². The maximum atomic E-state index is 12.9. The highest BCUT2D eigenvalue weighted by atomic mass is 32.1. The second-order valence-electron chi connectivity index (χ2n) is 6.38. The minimum absolute atomic E-state index is 0.0614. The third-order valence-corrected chi connectivity index (χ3v) is 5.92. The Morgan fingerprint density at radius 2 is 1.92 bits per heavy atom. The van der Waals surface area contributed by atoms with Crippen LogP contribution in [0.3, 0.4) is 0 Å². The molecular formula is C21H22N2O2S. The van der Waals surface area contributed by atoms with Gasteiger partial charge in [-0.05, 0) is 36.4 Å². The van der Waals surface area contributed by atoms with Crippen molar-refractivity contribution in [1.82, 2.24) is 10.6 Å². The topological polar surface area (TPSA) is 58.2 Å². The highest BCUT2D eigenvalue weighted by molar-refractivity contribution is 7.10. The number of hydrogen-bond donors (Lipinski definition) is 2. The van der Waals surface area contributed by atoms with Crippen LogP contribution in [0.15, 0.2) is 41.8 Å². The summed E-state index contributed by atoms with van der Waals surface area (Å²) in [6, 6.07) is 11.3. The van der Waals surface area contributed by atoms with Gasteiger partial charge >= 0.3 is 0 Å². The Morgan fingerprint density at radius 3 is 2.62 bits per heavy atom. The van der Waals surface area contributed by atoms with E-state index in [0.29, 0.717) is 11.1 Å². The zero-order chi connectivity index (χ0) is 18.4. The number of rotatable bonds is 4. The van der Waals surface area contributed by atoms with Gasteiger partial charge in [0.05, 0.1) is 17.5 Å². The third-order valence-electron chi connectivity index (χ3n) is 4.84. The van der Waals surface area contributed by atoms with Crippen molar-refractivity contribution in [1.29, 1.82) is 0 Å². The van der Waals surface area contributed by atoms with Gasteiger partial charge < -0.3 is 10.6 Å². The first-order valence-corrected chi connectivity index (χ1v) is 9.67. The summed E-state index contributed by atoms with van der Waals surface area (Å²) in [5.41, 5.74) is 0.810. The Bertz CT molecular complexity index is 840. The number of carbonyl (C=O) groups is 2. The Kier molecular flexibility index (Phi) is 5.75. The molecule has 1 fully saturated rings. The lowest BCUT2D eigenvalue weighted by atomic mass is 9.83. The normalized spacial score (nSPS) is 15.0. The van der Waals surface area contributed by atoms with Crippen LogP contribution < -0.4 is 10.6 Å². The zero-order valence-corrected chi connectivity index (χ0v) is 15.6.